The van der Waals surface area contributed by atoms with E-state index in [0.29, 0.717) is 0 Å². The highest BCUT2D eigenvalue weighted by atomic mass is 16.5. The van der Waals surface area contributed by atoms with Crippen LogP contribution in [0.15, 0.2) is 0 Å². The van der Waals surface area contributed by atoms with Crippen LogP contribution in [0.4, 0.5) is 0 Å². The van der Waals surface area contributed by atoms with E-state index in [4.69, 9.17) is 4.74 Å². The molecule has 2 aliphatic heterocycles. The van der Waals surface area contributed by atoms with Crippen LogP contribution in [0.5, 0.6) is 0 Å². The Kier molecular flexibility index (Phi) is 1.64. The largest absolute Gasteiger partial charge is 0.371 e. The molecular weight excluding hydrogens is 128 g/mol. The number of hydrogen-bond acceptors (Lipinski definition) is 3. The van der Waals surface area contributed by atoms with E-state index in [9.17, 15) is 0 Å². The summed E-state index contributed by atoms with van der Waals surface area (Å²) >= 11 is 0. The molecule has 2 heterocycles. The van der Waals surface area contributed by atoms with E-state index in [-0.39, 0.29) is 5.60 Å². The Morgan fingerprint density at radius 3 is 2.70 bits per heavy atom. The first kappa shape index (κ1) is 6.58. The molecule has 2 fully saturated rings. The Morgan fingerprint density at radius 1 is 1.10 bits per heavy atom. The highest BCUT2D eigenvalue weighted by Gasteiger charge is 2.38. The van der Waals surface area contributed by atoms with E-state index in [0.717, 1.165) is 32.8 Å². The van der Waals surface area contributed by atoms with Gasteiger partial charge in [-0.2, -0.15) is 0 Å². The van der Waals surface area contributed by atoms with Crippen LogP contribution >= 0.6 is 0 Å². The summed E-state index contributed by atoms with van der Waals surface area (Å²) in [5.74, 6) is 0. The van der Waals surface area contributed by atoms with Crippen LogP contribution in [-0.2, 0) is 4.74 Å². The van der Waals surface area contributed by atoms with E-state index >= 15 is 0 Å². The zero-order chi connectivity index (χ0) is 6.86. The van der Waals surface area contributed by atoms with E-state index in [1.165, 1.54) is 6.42 Å². The molecule has 0 bridgehead atoms. The van der Waals surface area contributed by atoms with Crippen molar-refractivity contribution >= 4 is 0 Å². The predicted molar refractivity (Wildman–Crippen MR) is 39.0 cm³/mol. The highest BCUT2D eigenvalue weighted by molar-refractivity contribution is 4.95. The van der Waals surface area contributed by atoms with Crippen molar-refractivity contribution in [3.8, 4) is 0 Å². The molecule has 0 aliphatic carbocycles. The molecule has 0 aromatic rings. The Hall–Kier alpha value is -0.120. The second-order valence-corrected chi connectivity index (χ2v) is 3.14. The number of rotatable bonds is 0. The van der Waals surface area contributed by atoms with Crippen molar-refractivity contribution in [2.75, 3.05) is 32.8 Å². The van der Waals surface area contributed by atoms with Crippen molar-refractivity contribution in [1.82, 2.24) is 10.6 Å². The summed E-state index contributed by atoms with van der Waals surface area (Å²) in [4.78, 5) is 0. The van der Waals surface area contributed by atoms with Gasteiger partial charge in [-0.05, 0) is 13.0 Å². The molecule has 2 rings (SSSR count). The SMILES string of the molecule is C1COC2(CCN1)CNC2. The average Bonchev–Trinajstić information content (AvgIpc) is 2.08. The fourth-order valence-electron chi connectivity index (χ4n) is 1.54. The van der Waals surface area contributed by atoms with E-state index in [1.54, 1.807) is 0 Å². The Morgan fingerprint density at radius 2 is 2.00 bits per heavy atom. The summed E-state index contributed by atoms with van der Waals surface area (Å²) in [7, 11) is 0. The molecule has 3 heteroatoms. The maximum absolute atomic E-state index is 5.70. The van der Waals surface area contributed by atoms with E-state index < -0.39 is 0 Å². The molecule has 3 nitrogen and oxygen atoms in total. The monoisotopic (exact) mass is 142 g/mol. The lowest BCUT2D eigenvalue weighted by atomic mass is 9.93. The van der Waals surface area contributed by atoms with Gasteiger partial charge in [-0.1, -0.05) is 0 Å². The normalized spacial score (nSPS) is 31.2. The van der Waals surface area contributed by atoms with Crippen molar-refractivity contribution < 1.29 is 4.74 Å². The minimum absolute atomic E-state index is 0.212. The second-order valence-electron chi connectivity index (χ2n) is 3.14. The molecule has 0 aromatic heterocycles. The van der Waals surface area contributed by atoms with Crippen LogP contribution in [0.25, 0.3) is 0 Å². The quantitative estimate of drug-likeness (QED) is 0.471. The standard InChI is InChI=1S/C7H14N2O/c1-2-8-3-4-10-7(1)5-9-6-7/h8-9H,1-6H2. The summed E-state index contributed by atoms with van der Waals surface area (Å²) in [6, 6.07) is 0. The van der Waals surface area contributed by atoms with Gasteiger partial charge in [0, 0.05) is 19.6 Å². The lowest BCUT2D eigenvalue weighted by Crippen LogP contribution is -2.61. The summed E-state index contributed by atoms with van der Waals surface area (Å²) in [6.45, 7) is 5.11. The number of ether oxygens (including phenoxy) is 1. The van der Waals surface area contributed by atoms with Crippen molar-refractivity contribution in [2.24, 2.45) is 0 Å². The van der Waals surface area contributed by atoms with Gasteiger partial charge in [0.1, 0.15) is 0 Å². The molecule has 0 saturated carbocycles. The van der Waals surface area contributed by atoms with E-state index in [1.807, 2.05) is 0 Å². The Balaban J connectivity index is 1.92. The van der Waals surface area contributed by atoms with Crippen LogP contribution in [0, 0.1) is 0 Å². The van der Waals surface area contributed by atoms with Gasteiger partial charge in [0.25, 0.3) is 0 Å². The molecule has 58 valence electrons. The third-order valence-electron chi connectivity index (χ3n) is 2.34. The minimum atomic E-state index is 0.212. The maximum atomic E-state index is 5.70. The average molecular weight is 142 g/mol. The van der Waals surface area contributed by atoms with Crippen molar-refractivity contribution in [3.63, 3.8) is 0 Å². The zero-order valence-corrected chi connectivity index (χ0v) is 6.15. The van der Waals surface area contributed by atoms with Crippen LogP contribution in [0.2, 0.25) is 0 Å². The number of hydrogen-bond donors (Lipinski definition) is 2. The molecule has 0 radical (unpaired) electrons. The highest BCUT2D eigenvalue weighted by Crippen LogP contribution is 2.21. The second kappa shape index (κ2) is 2.49. The molecule has 1 spiro atoms. The van der Waals surface area contributed by atoms with Crippen molar-refractivity contribution in [2.45, 2.75) is 12.0 Å². The summed E-state index contributed by atoms with van der Waals surface area (Å²) in [5, 5.41) is 6.56. The molecule has 2 N–H and O–H groups in total. The Labute approximate surface area is 61.1 Å². The van der Waals surface area contributed by atoms with Gasteiger partial charge < -0.3 is 15.4 Å². The molecule has 10 heavy (non-hydrogen) atoms. The third-order valence-corrected chi connectivity index (χ3v) is 2.34. The molecule has 2 aliphatic rings. The summed E-state index contributed by atoms with van der Waals surface area (Å²) in [6.07, 6.45) is 1.17. The first-order chi connectivity index (χ1) is 4.91. The van der Waals surface area contributed by atoms with Gasteiger partial charge in [-0.15, -0.1) is 0 Å². The molecule has 2 saturated heterocycles. The first-order valence-corrected chi connectivity index (χ1v) is 3.97. The zero-order valence-electron chi connectivity index (χ0n) is 6.15. The molecule has 0 unspecified atom stereocenters. The van der Waals surface area contributed by atoms with Crippen LogP contribution < -0.4 is 10.6 Å². The fourth-order valence-corrected chi connectivity index (χ4v) is 1.54. The Bertz CT molecular complexity index is 113. The third kappa shape index (κ3) is 1.05. The fraction of sp³-hybridized carbons (Fsp3) is 1.00. The smallest absolute Gasteiger partial charge is 0.0942 e. The van der Waals surface area contributed by atoms with Crippen molar-refractivity contribution in [3.05, 3.63) is 0 Å². The van der Waals surface area contributed by atoms with E-state index in [2.05, 4.69) is 10.6 Å². The molecule has 0 amide bonds. The van der Waals surface area contributed by atoms with Gasteiger partial charge in [-0.25, -0.2) is 0 Å². The van der Waals surface area contributed by atoms with Crippen LogP contribution in [-0.4, -0.2) is 38.4 Å². The van der Waals surface area contributed by atoms with Crippen LogP contribution in [0.1, 0.15) is 6.42 Å². The van der Waals surface area contributed by atoms with Gasteiger partial charge in [-0.3, -0.25) is 0 Å². The summed E-state index contributed by atoms with van der Waals surface area (Å²) < 4.78 is 5.70. The maximum Gasteiger partial charge on any atom is 0.0942 e. The lowest BCUT2D eigenvalue weighted by Gasteiger charge is -2.41. The molecule has 0 aromatic carbocycles. The number of nitrogens with one attached hydrogen (secondary N) is 2. The predicted octanol–water partition coefficient (Wildman–Crippen LogP) is -0.662. The van der Waals surface area contributed by atoms with Gasteiger partial charge in [0.2, 0.25) is 0 Å². The first-order valence-electron chi connectivity index (χ1n) is 3.97. The molecular formula is C7H14N2O. The summed E-state index contributed by atoms with van der Waals surface area (Å²) in [5.41, 5.74) is 0.212. The van der Waals surface area contributed by atoms with Crippen LogP contribution in [0.3, 0.4) is 0 Å². The molecule has 0 atom stereocenters. The van der Waals surface area contributed by atoms with Gasteiger partial charge >= 0.3 is 0 Å². The minimum Gasteiger partial charge on any atom is -0.371 e. The van der Waals surface area contributed by atoms with Crippen molar-refractivity contribution in [1.29, 1.82) is 0 Å². The lowest BCUT2D eigenvalue weighted by molar-refractivity contribution is -0.0735. The topological polar surface area (TPSA) is 33.3 Å². The van der Waals surface area contributed by atoms with Gasteiger partial charge in [0.05, 0.1) is 12.2 Å². The van der Waals surface area contributed by atoms with Gasteiger partial charge in [0.15, 0.2) is 0 Å².